The Balaban J connectivity index is 1.28. The Morgan fingerprint density at radius 2 is 1.81 bits per heavy atom. The van der Waals surface area contributed by atoms with E-state index in [1.165, 1.54) is 4.90 Å². The van der Waals surface area contributed by atoms with Crippen LogP contribution in [-0.2, 0) is 9.53 Å². The van der Waals surface area contributed by atoms with Crippen LogP contribution in [-0.4, -0.2) is 73.1 Å². The van der Waals surface area contributed by atoms with E-state index in [4.69, 9.17) is 28.7 Å². The first-order valence-corrected chi connectivity index (χ1v) is 14.0. The zero-order valence-corrected chi connectivity index (χ0v) is 23.9. The van der Waals surface area contributed by atoms with Crippen molar-refractivity contribution in [3.8, 4) is 39.9 Å². The number of aromatic nitrogens is 2. The molecule has 2 aliphatic heterocycles. The molecule has 43 heavy (non-hydrogen) atoms. The number of carbonyl (C=O) groups excluding carboxylic acids is 2. The number of methoxy groups -OCH3 is 2. The van der Waals surface area contributed by atoms with Crippen molar-refractivity contribution in [1.82, 2.24) is 14.5 Å². The van der Waals surface area contributed by atoms with E-state index in [1.807, 2.05) is 42.6 Å². The van der Waals surface area contributed by atoms with Crippen molar-refractivity contribution in [3.63, 3.8) is 0 Å². The number of hydrogen-bond donors (Lipinski definition) is 1. The monoisotopic (exact) mass is 584 g/mol. The van der Waals surface area contributed by atoms with E-state index >= 15 is 0 Å². The predicted molar refractivity (Wildman–Crippen MR) is 158 cm³/mol. The molecule has 3 aromatic carbocycles. The van der Waals surface area contributed by atoms with Gasteiger partial charge in [-0.1, -0.05) is 30.3 Å². The molecule has 0 aliphatic carbocycles. The van der Waals surface area contributed by atoms with Gasteiger partial charge in [0.1, 0.15) is 6.54 Å². The molecule has 1 fully saturated rings. The van der Waals surface area contributed by atoms with Gasteiger partial charge in [0.15, 0.2) is 23.0 Å². The van der Waals surface area contributed by atoms with Gasteiger partial charge in [-0.15, -0.1) is 0 Å². The summed E-state index contributed by atoms with van der Waals surface area (Å²) >= 11 is 0. The van der Waals surface area contributed by atoms with Crippen molar-refractivity contribution < 1.29 is 33.3 Å². The third kappa shape index (κ3) is 6.12. The molecule has 0 unspecified atom stereocenters. The number of hydrogen-bond acceptors (Lipinski definition) is 8. The quantitative estimate of drug-likeness (QED) is 0.289. The number of benzene rings is 3. The van der Waals surface area contributed by atoms with E-state index < -0.39 is 5.91 Å². The van der Waals surface area contributed by atoms with E-state index in [9.17, 15) is 9.59 Å². The number of imidazole rings is 1. The van der Waals surface area contributed by atoms with Gasteiger partial charge in [-0.05, 0) is 43.2 Å². The van der Waals surface area contributed by atoms with E-state index in [2.05, 4.69) is 5.32 Å². The van der Waals surface area contributed by atoms with Crippen LogP contribution in [0.25, 0.3) is 16.9 Å². The van der Waals surface area contributed by atoms with Gasteiger partial charge in [0, 0.05) is 36.5 Å². The molecule has 3 heterocycles. The van der Waals surface area contributed by atoms with E-state index in [1.54, 1.807) is 49.1 Å². The van der Waals surface area contributed by atoms with Gasteiger partial charge in [-0.2, -0.15) is 0 Å². The molecular weight excluding hydrogens is 552 g/mol. The summed E-state index contributed by atoms with van der Waals surface area (Å²) in [5.41, 5.74) is 2.65. The van der Waals surface area contributed by atoms with E-state index in [0.717, 1.165) is 18.4 Å². The second kappa shape index (κ2) is 12.5. The zero-order chi connectivity index (χ0) is 29.8. The van der Waals surface area contributed by atoms with E-state index in [0.29, 0.717) is 52.5 Å². The van der Waals surface area contributed by atoms with Crippen LogP contribution in [0.3, 0.4) is 0 Å². The number of amides is 2. The maximum atomic E-state index is 13.7. The molecule has 1 aromatic heterocycles. The third-order valence-electron chi connectivity index (χ3n) is 7.36. The minimum absolute atomic E-state index is 0.104. The summed E-state index contributed by atoms with van der Waals surface area (Å²) in [7, 11) is 3.13. The molecular formula is C32H32N4O7. The highest BCUT2D eigenvalue weighted by atomic mass is 16.7. The summed E-state index contributed by atoms with van der Waals surface area (Å²) < 4.78 is 29.3. The number of fused-ring (bicyclic) bond motifs is 1. The smallest absolute Gasteiger partial charge is 0.254 e. The number of ether oxygens (including phenoxy) is 5. The first kappa shape index (κ1) is 28.1. The maximum Gasteiger partial charge on any atom is 0.254 e. The van der Waals surface area contributed by atoms with Crippen molar-refractivity contribution in [3.05, 3.63) is 78.5 Å². The lowest BCUT2D eigenvalue weighted by Crippen LogP contribution is -2.42. The summed E-state index contributed by atoms with van der Waals surface area (Å²) in [6.45, 7) is 0.813. The Morgan fingerprint density at radius 1 is 1.00 bits per heavy atom. The molecule has 2 aliphatic rings. The summed E-state index contributed by atoms with van der Waals surface area (Å²) in [5, 5.41) is 2.93. The number of anilines is 1. The van der Waals surface area contributed by atoms with Gasteiger partial charge >= 0.3 is 0 Å². The normalized spacial score (nSPS) is 15.3. The maximum absolute atomic E-state index is 13.7. The van der Waals surface area contributed by atoms with Crippen LogP contribution >= 0.6 is 0 Å². The Bertz CT molecular complexity index is 1620. The van der Waals surface area contributed by atoms with Gasteiger partial charge in [0.2, 0.25) is 18.6 Å². The molecule has 11 nitrogen and oxygen atoms in total. The molecule has 0 saturated carbocycles. The summed E-state index contributed by atoms with van der Waals surface area (Å²) in [4.78, 5) is 33.5. The molecule has 6 rings (SSSR count). The zero-order valence-electron chi connectivity index (χ0n) is 23.9. The summed E-state index contributed by atoms with van der Waals surface area (Å²) in [6, 6.07) is 20.1. The summed E-state index contributed by atoms with van der Waals surface area (Å²) in [6.07, 6.45) is 3.42. The van der Waals surface area contributed by atoms with Crippen LogP contribution in [0.4, 0.5) is 5.95 Å². The van der Waals surface area contributed by atoms with Crippen LogP contribution in [0.15, 0.2) is 72.9 Å². The molecule has 2 amide bonds. The number of rotatable bonds is 10. The molecule has 11 heteroatoms. The second-order valence-electron chi connectivity index (χ2n) is 10.2. The fourth-order valence-corrected chi connectivity index (χ4v) is 5.19. The van der Waals surface area contributed by atoms with Crippen molar-refractivity contribution >= 4 is 17.8 Å². The minimum atomic E-state index is -0.404. The molecule has 1 atom stereocenters. The van der Waals surface area contributed by atoms with Crippen molar-refractivity contribution in [1.29, 1.82) is 0 Å². The lowest BCUT2D eigenvalue weighted by molar-refractivity contribution is -0.117. The molecule has 222 valence electrons. The lowest BCUT2D eigenvalue weighted by atomic mass is 10.1. The predicted octanol–water partition coefficient (Wildman–Crippen LogP) is 4.55. The third-order valence-corrected chi connectivity index (χ3v) is 7.36. The Morgan fingerprint density at radius 3 is 2.58 bits per heavy atom. The minimum Gasteiger partial charge on any atom is -0.493 e. The highest BCUT2D eigenvalue weighted by molar-refractivity contribution is 5.99. The summed E-state index contributed by atoms with van der Waals surface area (Å²) in [5.74, 6) is 1.77. The second-order valence-corrected chi connectivity index (χ2v) is 10.2. The molecule has 1 N–H and O–H groups in total. The molecule has 0 spiro atoms. The fourth-order valence-electron chi connectivity index (χ4n) is 5.19. The van der Waals surface area contributed by atoms with Crippen molar-refractivity contribution in [2.75, 3.05) is 46.0 Å². The standard InChI is InChI=1S/C32H32N4O7/c1-39-26-13-11-23(16-28(26)40-2)36-18-25(21-7-4-3-5-8-21)33-32(36)34-30(37)19-35(17-24-9-6-14-41-24)31(38)22-10-12-27-29(15-22)43-20-42-27/h3-5,7-8,10-13,15-16,18,24H,6,9,14,17,19-20H2,1-2H3,(H,33,34,37)/t24-/m0/s1. The average Bonchev–Trinajstić information content (AvgIpc) is 3.82. The SMILES string of the molecule is COc1ccc(-n2cc(-c3ccccc3)nc2NC(=O)CN(C[C@@H]2CCCO2)C(=O)c2ccc3c(c2)OCO3)cc1OC. The molecule has 1 saturated heterocycles. The largest absolute Gasteiger partial charge is 0.493 e. The number of nitrogens with one attached hydrogen (secondary N) is 1. The van der Waals surface area contributed by atoms with Crippen LogP contribution in [0, 0.1) is 0 Å². The van der Waals surface area contributed by atoms with Crippen LogP contribution in [0.5, 0.6) is 23.0 Å². The fraction of sp³-hybridized carbons (Fsp3) is 0.281. The van der Waals surface area contributed by atoms with Gasteiger partial charge in [0.05, 0.1) is 31.7 Å². The van der Waals surface area contributed by atoms with Crippen LogP contribution in [0.2, 0.25) is 0 Å². The molecule has 0 radical (unpaired) electrons. The molecule has 0 bridgehead atoms. The average molecular weight is 585 g/mol. The lowest BCUT2D eigenvalue weighted by Gasteiger charge is -2.25. The number of nitrogens with zero attached hydrogens (tertiary/aromatic N) is 3. The topological polar surface area (TPSA) is 113 Å². The van der Waals surface area contributed by atoms with Crippen LogP contribution < -0.4 is 24.3 Å². The number of carbonyl (C=O) groups is 2. The van der Waals surface area contributed by atoms with Crippen molar-refractivity contribution in [2.45, 2.75) is 18.9 Å². The Kier molecular flexibility index (Phi) is 8.14. The highest BCUT2D eigenvalue weighted by Gasteiger charge is 2.27. The van der Waals surface area contributed by atoms with Gasteiger partial charge < -0.3 is 28.6 Å². The van der Waals surface area contributed by atoms with Crippen molar-refractivity contribution in [2.24, 2.45) is 0 Å². The van der Waals surface area contributed by atoms with Crippen LogP contribution in [0.1, 0.15) is 23.2 Å². The van der Waals surface area contributed by atoms with E-state index in [-0.39, 0.29) is 31.9 Å². The molecule has 4 aromatic rings. The van der Waals surface area contributed by atoms with Gasteiger partial charge in [0.25, 0.3) is 5.91 Å². The van der Waals surface area contributed by atoms with Gasteiger partial charge in [-0.25, -0.2) is 4.98 Å². The first-order valence-electron chi connectivity index (χ1n) is 14.0. The highest BCUT2D eigenvalue weighted by Crippen LogP contribution is 2.34. The Labute approximate surface area is 248 Å². The van der Waals surface area contributed by atoms with Gasteiger partial charge in [-0.3, -0.25) is 19.5 Å². The Hall–Kier alpha value is -5.03. The first-order chi connectivity index (χ1) is 21.0.